The molecule has 0 radical (unpaired) electrons. The number of benzene rings is 2. The second-order valence-corrected chi connectivity index (χ2v) is 9.14. The number of amides is 3. The van der Waals surface area contributed by atoms with Crippen LogP contribution in [0.5, 0.6) is 11.5 Å². The summed E-state index contributed by atoms with van der Waals surface area (Å²) < 4.78 is 11.3. The van der Waals surface area contributed by atoms with E-state index in [1.165, 1.54) is 0 Å². The summed E-state index contributed by atoms with van der Waals surface area (Å²) in [5, 5.41) is 2.96. The highest BCUT2D eigenvalue weighted by Gasteiger charge is 2.40. The number of hydrogen-bond donors (Lipinski definition) is 1. The predicted molar refractivity (Wildman–Crippen MR) is 136 cm³/mol. The van der Waals surface area contributed by atoms with Crippen molar-refractivity contribution in [2.45, 2.75) is 52.1 Å². The average molecular weight is 494 g/mol. The van der Waals surface area contributed by atoms with Gasteiger partial charge in [0.1, 0.15) is 12.6 Å². The van der Waals surface area contributed by atoms with Gasteiger partial charge in [-0.15, -0.1) is 0 Å². The zero-order valence-electron chi connectivity index (χ0n) is 21.1. The molecule has 3 amide bonds. The molecule has 0 saturated carbocycles. The van der Waals surface area contributed by atoms with Crippen molar-refractivity contribution in [2.75, 3.05) is 32.8 Å². The van der Waals surface area contributed by atoms with Gasteiger partial charge < -0.3 is 24.6 Å². The first-order valence-corrected chi connectivity index (χ1v) is 12.8. The fraction of sp³-hybridized carbons (Fsp3) is 0.464. The number of piperidine rings is 1. The third-order valence-corrected chi connectivity index (χ3v) is 6.64. The van der Waals surface area contributed by atoms with Gasteiger partial charge in [0.25, 0.3) is 5.91 Å². The average Bonchev–Trinajstić information content (AvgIpc) is 2.89. The van der Waals surface area contributed by atoms with E-state index in [2.05, 4.69) is 5.32 Å². The van der Waals surface area contributed by atoms with Crippen LogP contribution in [-0.4, -0.2) is 66.4 Å². The lowest BCUT2D eigenvalue weighted by Gasteiger charge is -2.42. The maximum absolute atomic E-state index is 12.9. The van der Waals surface area contributed by atoms with Crippen molar-refractivity contribution >= 4 is 17.7 Å². The number of carbonyl (C=O) groups excluding carboxylic acids is 3. The van der Waals surface area contributed by atoms with E-state index in [0.29, 0.717) is 50.6 Å². The van der Waals surface area contributed by atoms with E-state index >= 15 is 0 Å². The van der Waals surface area contributed by atoms with Gasteiger partial charge in [-0.05, 0) is 74.9 Å². The topological polar surface area (TPSA) is 88.2 Å². The molecule has 2 aliphatic heterocycles. The fourth-order valence-corrected chi connectivity index (χ4v) is 4.82. The maximum atomic E-state index is 12.9. The van der Waals surface area contributed by atoms with Crippen LogP contribution in [0.25, 0.3) is 0 Å². The summed E-state index contributed by atoms with van der Waals surface area (Å²) in [6, 6.07) is 12.7. The van der Waals surface area contributed by atoms with Gasteiger partial charge in [-0.2, -0.15) is 0 Å². The Balaban J connectivity index is 1.29. The zero-order chi connectivity index (χ0) is 25.5. The minimum absolute atomic E-state index is 0.0243. The third-order valence-electron chi connectivity index (χ3n) is 6.64. The molecule has 4 rings (SSSR count). The van der Waals surface area contributed by atoms with Crippen LogP contribution in [0.1, 0.15) is 54.6 Å². The van der Waals surface area contributed by atoms with E-state index in [1.807, 2.05) is 44.2 Å². The quantitative estimate of drug-likeness (QED) is 0.549. The SMILES string of the molecule is CCOc1ccc(CCNC(=O)c2ccc(CN3CC(=O)N4CCCCC4C3=O)cc2)cc1OCC. The lowest BCUT2D eigenvalue weighted by atomic mass is 9.98. The Kier molecular flexibility index (Phi) is 8.46. The second kappa shape index (κ2) is 11.9. The molecule has 2 aromatic rings. The zero-order valence-corrected chi connectivity index (χ0v) is 21.1. The molecule has 2 saturated heterocycles. The van der Waals surface area contributed by atoms with Crippen molar-refractivity contribution in [1.29, 1.82) is 0 Å². The molecule has 0 bridgehead atoms. The molecule has 2 aromatic carbocycles. The Morgan fingerprint density at radius 3 is 2.44 bits per heavy atom. The molecule has 36 heavy (non-hydrogen) atoms. The first-order valence-electron chi connectivity index (χ1n) is 12.8. The Morgan fingerprint density at radius 2 is 1.69 bits per heavy atom. The summed E-state index contributed by atoms with van der Waals surface area (Å²) in [5.74, 6) is 1.33. The van der Waals surface area contributed by atoms with E-state index in [-0.39, 0.29) is 30.3 Å². The summed E-state index contributed by atoms with van der Waals surface area (Å²) in [6.07, 6.45) is 3.35. The fourth-order valence-electron chi connectivity index (χ4n) is 4.82. The summed E-state index contributed by atoms with van der Waals surface area (Å²) in [4.78, 5) is 41.4. The molecule has 0 aromatic heterocycles. The van der Waals surface area contributed by atoms with Crippen LogP contribution < -0.4 is 14.8 Å². The Morgan fingerprint density at radius 1 is 0.972 bits per heavy atom. The first kappa shape index (κ1) is 25.5. The van der Waals surface area contributed by atoms with Crippen LogP contribution >= 0.6 is 0 Å². The number of piperazine rings is 1. The molecule has 8 heteroatoms. The minimum Gasteiger partial charge on any atom is -0.490 e. The van der Waals surface area contributed by atoms with Gasteiger partial charge in [-0.1, -0.05) is 18.2 Å². The predicted octanol–water partition coefficient (Wildman–Crippen LogP) is 3.18. The summed E-state index contributed by atoms with van der Waals surface area (Å²) >= 11 is 0. The molecular weight excluding hydrogens is 458 g/mol. The first-order chi connectivity index (χ1) is 17.5. The highest BCUT2D eigenvalue weighted by atomic mass is 16.5. The standard InChI is InChI=1S/C28H35N3O5/c1-3-35-24-13-10-20(17-25(24)36-4-2)14-15-29-27(33)22-11-8-21(9-12-22)18-30-19-26(32)31-16-6-5-7-23(31)28(30)34/h8-13,17,23H,3-7,14-16,18-19H2,1-2H3,(H,29,33). The van der Waals surface area contributed by atoms with Crippen LogP contribution in [-0.2, 0) is 22.6 Å². The Labute approximate surface area is 212 Å². The lowest BCUT2D eigenvalue weighted by molar-refractivity contribution is -0.158. The molecule has 1 unspecified atom stereocenters. The van der Waals surface area contributed by atoms with Gasteiger partial charge in [-0.3, -0.25) is 14.4 Å². The Hall–Kier alpha value is -3.55. The molecule has 8 nitrogen and oxygen atoms in total. The normalized spacial score (nSPS) is 17.6. The van der Waals surface area contributed by atoms with Crippen molar-refractivity contribution in [3.8, 4) is 11.5 Å². The number of nitrogens with one attached hydrogen (secondary N) is 1. The van der Waals surface area contributed by atoms with Crippen LogP contribution in [0.3, 0.4) is 0 Å². The largest absolute Gasteiger partial charge is 0.490 e. The monoisotopic (exact) mass is 493 g/mol. The van der Waals surface area contributed by atoms with Gasteiger partial charge in [0.05, 0.1) is 13.2 Å². The van der Waals surface area contributed by atoms with Crippen LogP contribution in [0.4, 0.5) is 0 Å². The summed E-state index contributed by atoms with van der Waals surface area (Å²) in [7, 11) is 0. The van der Waals surface area contributed by atoms with E-state index < -0.39 is 0 Å². The van der Waals surface area contributed by atoms with Gasteiger partial charge in [0.2, 0.25) is 11.8 Å². The number of nitrogens with zero attached hydrogens (tertiary/aromatic N) is 2. The van der Waals surface area contributed by atoms with E-state index in [9.17, 15) is 14.4 Å². The smallest absolute Gasteiger partial charge is 0.251 e. The number of hydrogen-bond acceptors (Lipinski definition) is 5. The molecule has 2 aliphatic rings. The van der Waals surface area contributed by atoms with Crippen LogP contribution in [0.15, 0.2) is 42.5 Å². The number of carbonyl (C=O) groups is 3. The van der Waals surface area contributed by atoms with E-state index in [0.717, 1.165) is 36.1 Å². The number of rotatable bonds is 10. The number of ether oxygens (including phenoxy) is 2. The molecule has 1 N–H and O–H groups in total. The van der Waals surface area contributed by atoms with Crippen molar-refractivity contribution in [3.05, 3.63) is 59.2 Å². The highest BCUT2D eigenvalue weighted by Crippen LogP contribution is 2.29. The lowest BCUT2D eigenvalue weighted by Crippen LogP contribution is -2.60. The van der Waals surface area contributed by atoms with Gasteiger partial charge >= 0.3 is 0 Å². The summed E-state index contributed by atoms with van der Waals surface area (Å²) in [5.41, 5.74) is 2.50. The number of fused-ring (bicyclic) bond motifs is 1. The van der Waals surface area contributed by atoms with Crippen molar-refractivity contribution in [2.24, 2.45) is 0 Å². The van der Waals surface area contributed by atoms with Gasteiger partial charge in [-0.25, -0.2) is 0 Å². The molecule has 0 aliphatic carbocycles. The van der Waals surface area contributed by atoms with Crippen LogP contribution in [0, 0.1) is 0 Å². The molecule has 1 atom stereocenters. The van der Waals surface area contributed by atoms with Crippen molar-refractivity contribution < 1.29 is 23.9 Å². The minimum atomic E-state index is -0.315. The van der Waals surface area contributed by atoms with Crippen molar-refractivity contribution in [1.82, 2.24) is 15.1 Å². The molecule has 192 valence electrons. The van der Waals surface area contributed by atoms with E-state index in [4.69, 9.17) is 9.47 Å². The third kappa shape index (κ3) is 5.98. The second-order valence-electron chi connectivity index (χ2n) is 9.14. The molecule has 0 spiro atoms. The molecule has 2 heterocycles. The van der Waals surface area contributed by atoms with E-state index in [1.54, 1.807) is 21.9 Å². The Bertz CT molecular complexity index is 1090. The van der Waals surface area contributed by atoms with Gasteiger partial charge in [0.15, 0.2) is 11.5 Å². The summed E-state index contributed by atoms with van der Waals surface area (Å²) in [6.45, 7) is 6.65. The van der Waals surface area contributed by atoms with Crippen molar-refractivity contribution in [3.63, 3.8) is 0 Å². The maximum Gasteiger partial charge on any atom is 0.251 e. The molecule has 2 fully saturated rings. The highest BCUT2D eigenvalue weighted by molar-refractivity contribution is 5.95. The van der Waals surface area contributed by atoms with Crippen LogP contribution in [0.2, 0.25) is 0 Å². The molecular formula is C28H35N3O5. The van der Waals surface area contributed by atoms with Gasteiger partial charge in [0, 0.05) is 25.2 Å².